The maximum atomic E-state index is 10.7. The van der Waals surface area contributed by atoms with E-state index >= 15 is 0 Å². The average Bonchev–Trinajstić information content (AvgIpc) is 2.67. The van der Waals surface area contributed by atoms with Crippen LogP contribution in [0.25, 0.3) is 0 Å². The summed E-state index contributed by atoms with van der Waals surface area (Å²) in [6.07, 6.45) is 0. The van der Waals surface area contributed by atoms with Gasteiger partial charge in [0, 0.05) is 5.56 Å². The van der Waals surface area contributed by atoms with Gasteiger partial charge in [-0.15, -0.1) is 0 Å². The molecular formula is C10H12NO4-. The molecule has 0 atom stereocenters. The van der Waals surface area contributed by atoms with Crippen LogP contribution in [0, 0.1) is 5.21 Å². The first kappa shape index (κ1) is 10.4. The minimum Gasteiger partial charge on any atom is -0.733 e. The third-order valence-corrected chi connectivity index (χ3v) is 2.43. The van der Waals surface area contributed by atoms with Crippen LogP contribution in [-0.4, -0.2) is 18.4 Å². The maximum absolute atomic E-state index is 10.7. The first-order chi connectivity index (χ1) is 7.12. The second-order valence-corrected chi connectivity index (χ2v) is 3.47. The number of rotatable bonds is 2. The SMILES string of the molecule is CC1(c2cccc(N([O-])O)c2)OCCO1. The quantitative estimate of drug-likeness (QED) is 0.751. The van der Waals surface area contributed by atoms with E-state index in [1.54, 1.807) is 25.1 Å². The molecular weight excluding hydrogens is 198 g/mol. The molecule has 0 saturated carbocycles. The molecule has 0 spiro atoms. The standard InChI is InChI=1S/C10H12NO4/c1-10(14-5-6-15-10)8-3-2-4-9(7-8)11(12)13/h2-4,7,12H,5-6H2,1H3/q-1. The summed E-state index contributed by atoms with van der Waals surface area (Å²) in [5.41, 5.74) is 0.875. The lowest BCUT2D eigenvalue weighted by Gasteiger charge is -2.26. The molecule has 0 radical (unpaired) electrons. The van der Waals surface area contributed by atoms with E-state index in [0.29, 0.717) is 18.8 Å². The summed E-state index contributed by atoms with van der Waals surface area (Å²) in [7, 11) is 0. The van der Waals surface area contributed by atoms with Gasteiger partial charge in [0.05, 0.1) is 18.9 Å². The molecule has 1 aromatic rings. The van der Waals surface area contributed by atoms with Gasteiger partial charge in [-0.2, -0.15) is 0 Å². The highest BCUT2D eigenvalue weighted by Gasteiger charge is 2.33. The Hall–Kier alpha value is -1.14. The lowest BCUT2D eigenvalue weighted by atomic mass is 10.1. The number of benzene rings is 1. The average molecular weight is 210 g/mol. The molecule has 82 valence electrons. The van der Waals surface area contributed by atoms with E-state index in [1.807, 2.05) is 0 Å². The molecule has 0 aliphatic carbocycles. The van der Waals surface area contributed by atoms with Crippen molar-refractivity contribution in [2.45, 2.75) is 12.7 Å². The van der Waals surface area contributed by atoms with Gasteiger partial charge in [0.1, 0.15) is 0 Å². The van der Waals surface area contributed by atoms with Crippen LogP contribution in [0.15, 0.2) is 24.3 Å². The highest BCUT2D eigenvalue weighted by molar-refractivity contribution is 5.47. The number of ether oxygens (including phenoxy) is 2. The summed E-state index contributed by atoms with van der Waals surface area (Å²) in [5.74, 6) is -0.813. The molecule has 1 aromatic carbocycles. The Bertz CT molecular complexity index is 347. The zero-order valence-electron chi connectivity index (χ0n) is 8.34. The first-order valence-corrected chi connectivity index (χ1v) is 4.66. The summed E-state index contributed by atoms with van der Waals surface area (Å²) < 4.78 is 10.9. The highest BCUT2D eigenvalue weighted by atomic mass is 16.8. The van der Waals surface area contributed by atoms with E-state index in [4.69, 9.17) is 14.7 Å². The predicted octanol–water partition coefficient (Wildman–Crippen LogP) is 1.60. The Morgan fingerprint density at radius 3 is 2.67 bits per heavy atom. The largest absolute Gasteiger partial charge is 0.733 e. The topological polar surface area (TPSA) is 65.0 Å². The zero-order valence-corrected chi connectivity index (χ0v) is 8.34. The van der Waals surface area contributed by atoms with E-state index in [-0.39, 0.29) is 10.9 Å². The molecule has 1 fully saturated rings. The number of hydrogen-bond acceptors (Lipinski definition) is 5. The van der Waals surface area contributed by atoms with Crippen LogP contribution >= 0.6 is 0 Å². The number of hydrogen-bond donors (Lipinski definition) is 1. The Labute approximate surface area is 87.4 Å². The molecule has 1 saturated heterocycles. The highest BCUT2D eigenvalue weighted by Crippen LogP contribution is 2.32. The van der Waals surface area contributed by atoms with Gasteiger partial charge in [0.2, 0.25) is 0 Å². The van der Waals surface area contributed by atoms with Gasteiger partial charge in [-0.05, 0) is 19.1 Å². The lowest BCUT2D eigenvalue weighted by molar-refractivity contribution is -0.149. The van der Waals surface area contributed by atoms with Gasteiger partial charge in [0.25, 0.3) is 0 Å². The molecule has 0 bridgehead atoms. The van der Waals surface area contributed by atoms with Gasteiger partial charge in [-0.25, -0.2) is 0 Å². The Morgan fingerprint density at radius 2 is 2.07 bits per heavy atom. The predicted molar refractivity (Wildman–Crippen MR) is 53.3 cm³/mol. The minimum absolute atomic E-state index is 0.160. The van der Waals surface area contributed by atoms with Crippen LogP contribution in [-0.2, 0) is 15.3 Å². The third kappa shape index (κ3) is 1.95. The van der Waals surface area contributed by atoms with Crippen LogP contribution in [0.5, 0.6) is 0 Å². The van der Waals surface area contributed by atoms with Crippen LogP contribution in [0.2, 0.25) is 0 Å². The monoisotopic (exact) mass is 210 g/mol. The van der Waals surface area contributed by atoms with Crippen molar-refractivity contribution in [3.63, 3.8) is 0 Å². The smallest absolute Gasteiger partial charge is 0.192 e. The summed E-state index contributed by atoms with van der Waals surface area (Å²) in [6, 6.07) is 6.51. The van der Waals surface area contributed by atoms with Crippen molar-refractivity contribution >= 4 is 5.69 Å². The van der Waals surface area contributed by atoms with E-state index in [1.165, 1.54) is 6.07 Å². The van der Waals surface area contributed by atoms with Crippen molar-refractivity contribution in [3.8, 4) is 0 Å². The van der Waals surface area contributed by atoms with Crippen LogP contribution in [0.4, 0.5) is 5.69 Å². The molecule has 1 heterocycles. The molecule has 0 amide bonds. The molecule has 1 N–H and O–H groups in total. The van der Waals surface area contributed by atoms with Crippen LogP contribution < -0.4 is 5.23 Å². The van der Waals surface area contributed by atoms with Crippen molar-refractivity contribution in [1.29, 1.82) is 0 Å². The third-order valence-electron chi connectivity index (χ3n) is 2.43. The van der Waals surface area contributed by atoms with Crippen molar-refractivity contribution in [3.05, 3.63) is 35.0 Å². The van der Waals surface area contributed by atoms with Crippen LogP contribution in [0.3, 0.4) is 0 Å². The summed E-state index contributed by atoms with van der Waals surface area (Å²) in [4.78, 5) is 0. The molecule has 1 aliphatic rings. The first-order valence-electron chi connectivity index (χ1n) is 4.66. The molecule has 0 unspecified atom stereocenters. The van der Waals surface area contributed by atoms with Crippen molar-refractivity contribution in [2.24, 2.45) is 0 Å². The summed E-state index contributed by atoms with van der Waals surface area (Å²) in [6.45, 7) is 2.84. The van der Waals surface area contributed by atoms with E-state index < -0.39 is 5.79 Å². The van der Waals surface area contributed by atoms with Gasteiger partial charge in [-0.1, -0.05) is 12.1 Å². The molecule has 5 nitrogen and oxygen atoms in total. The lowest BCUT2D eigenvalue weighted by Crippen LogP contribution is -2.22. The van der Waals surface area contributed by atoms with E-state index in [0.717, 1.165) is 0 Å². The Morgan fingerprint density at radius 1 is 1.40 bits per heavy atom. The number of nitrogens with zero attached hydrogens (tertiary/aromatic N) is 1. The second-order valence-electron chi connectivity index (χ2n) is 3.47. The van der Waals surface area contributed by atoms with E-state index in [2.05, 4.69) is 0 Å². The van der Waals surface area contributed by atoms with Gasteiger partial charge < -0.3 is 19.9 Å². The fraction of sp³-hybridized carbons (Fsp3) is 0.400. The molecule has 15 heavy (non-hydrogen) atoms. The Kier molecular flexibility index (Phi) is 2.62. The minimum atomic E-state index is -0.813. The van der Waals surface area contributed by atoms with Crippen molar-refractivity contribution in [2.75, 3.05) is 18.4 Å². The van der Waals surface area contributed by atoms with Gasteiger partial charge in [0.15, 0.2) is 5.79 Å². The van der Waals surface area contributed by atoms with Gasteiger partial charge >= 0.3 is 0 Å². The normalized spacial score (nSPS) is 19.1. The molecule has 1 aliphatic heterocycles. The fourth-order valence-electron chi connectivity index (χ4n) is 1.59. The van der Waals surface area contributed by atoms with Crippen molar-refractivity contribution in [1.82, 2.24) is 0 Å². The second kappa shape index (κ2) is 3.79. The number of anilines is 1. The molecule has 5 heteroatoms. The summed E-state index contributed by atoms with van der Waals surface area (Å²) in [5, 5.41) is 19.3. The maximum Gasteiger partial charge on any atom is 0.192 e. The van der Waals surface area contributed by atoms with Gasteiger partial charge in [-0.3, -0.25) is 5.21 Å². The van der Waals surface area contributed by atoms with E-state index in [9.17, 15) is 5.21 Å². The van der Waals surface area contributed by atoms with Crippen LogP contribution in [0.1, 0.15) is 12.5 Å². The molecule has 0 aromatic heterocycles. The molecule has 2 rings (SSSR count). The fourth-order valence-corrected chi connectivity index (χ4v) is 1.59. The summed E-state index contributed by atoms with van der Waals surface area (Å²) >= 11 is 0. The Balaban J connectivity index is 2.31. The van der Waals surface area contributed by atoms with Crippen molar-refractivity contribution < 1.29 is 14.7 Å². The zero-order chi connectivity index (χ0) is 10.9.